The Bertz CT molecular complexity index is 617. The smallest absolute Gasteiger partial charge is 0.408 e. The zero-order valence-corrected chi connectivity index (χ0v) is 14.3. The number of ether oxygens (including phenoxy) is 3. The van der Waals surface area contributed by atoms with E-state index in [0.717, 1.165) is 5.56 Å². The van der Waals surface area contributed by atoms with Crippen LogP contribution in [0.25, 0.3) is 0 Å². The van der Waals surface area contributed by atoms with Crippen LogP contribution in [0.1, 0.15) is 32.8 Å². The van der Waals surface area contributed by atoms with Gasteiger partial charge in [-0.3, -0.25) is 0 Å². The largest absolute Gasteiger partial charge is 0.459 e. The van der Waals surface area contributed by atoms with Crippen molar-refractivity contribution in [1.82, 2.24) is 5.32 Å². The Kier molecular flexibility index (Phi) is 5.62. The lowest BCUT2D eigenvalue weighted by molar-refractivity contribution is -0.160. The maximum atomic E-state index is 12.5. The van der Waals surface area contributed by atoms with Gasteiger partial charge in [0.15, 0.2) is 5.54 Å². The highest BCUT2D eigenvalue weighted by Crippen LogP contribution is 2.41. The van der Waals surface area contributed by atoms with Gasteiger partial charge in [0, 0.05) is 6.42 Å². The van der Waals surface area contributed by atoms with Crippen LogP contribution in [0.3, 0.4) is 0 Å². The Balaban J connectivity index is 2.02. The number of esters is 1. The summed E-state index contributed by atoms with van der Waals surface area (Å²) in [4.78, 5) is 24.3. The highest BCUT2D eigenvalue weighted by molar-refractivity contribution is 5.90. The number of rotatable bonds is 6. The molecule has 0 saturated heterocycles. The molecule has 1 aliphatic rings. The predicted octanol–water partition coefficient (Wildman–Crippen LogP) is 3.00. The number of halogens is 2. The van der Waals surface area contributed by atoms with Gasteiger partial charge < -0.3 is 19.5 Å². The van der Waals surface area contributed by atoms with E-state index in [1.165, 1.54) is 0 Å². The first-order valence-electron chi connectivity index (χ1n) is 7.78. The second-order valence-corrected chi connectivity index (χ2v) is 6.75. The predicted molar refractivity (Wildman–Crippen MR) is 83.8 cm³/mol. The van der Waals surface area contributed by atoms with Crippen molar-refractivity contribution >= 4 is 12.1 Å². The third-order valence-corrected chi connectivity index (χ3v) is 3.47. The average molecular weight is 357 g/mol. The van der Waals surface area contributed by atoms with Gasteiger partial charge in [-0.25, -0.2) is 9.59 Å². The lowest BCUT2D eigenvalue weighted by Gasteiger charge is -2.23. The molecular formula is C17H21F2NO5. The standard InChI is InChI=1S/C17H21F2NO5/c1-16(2,3)25-15(22)20-17(9-12(17)24-14(18)19)13(21)23-10-11-7-5-4-6-8-11/h4-8,12,14H,9-10H2,1-3H3,(H,20,22). The van der Waals surface area contributed by atoms with Crippen molar-refractivity contribution in [3.05, 3.63) is 35.9 Å². The van der Waals surface area contributed by atoms with Gasteiger partial charge in [0.1, 0.15) is 18.3 Å². The number of carbonyl (C=O) groups is 2. The van der Waals surface area contributed by atoms with Gasteiger partial charge >= 0.3 is 18.7 Å². The van der Waals surface area contributed by atoms with E-state index in [1.54, 1.807) is 45.0 Å². The van der Waals surface area contributed by atoms with Crippen LogP contribution in [0, 0.1) is 0 Å². The van der Waals surface area contributed by atoms with Crippen LogP contribution in [0.5, 0.6) is 0 Å². The number of nitrogens with one attached hydrogen (secondary N) is 1. The second kappa shape index (κ2) is 7.35. The molecule has 25 heavy (non-hydrogen) atoms. The Morgan fingerprint density at radius 2 is 1.92 bits per heavy atom. The first-order chi connectivity index (χ1) is 11.6. The van der Waals surface area contributed by atoms with Crippen molar-refractivity contribution in [3.8, 4) is 0 Å². The third kappa shape index (κ3) is 5.38. The van der Waals surface area contributed by atoms with Gasteiger partial charge in [-0.1, -0.05) is 30.3 Å². The number of alkyl halides is 2. The van der Waals surface area contributed by atoms with Crippen molar-refractivity contribution < 1.29 is 32.6 Å². The van der Waals surface area contributed by atoms with Crippen molar-refractivity contribution in [2.75, 3.05) is 0 Å². The van der Waals surface area contributed by atoms with Gasteiger partial charge in [0.2, 0.25) is 0 Å². The molecule has 1 fully saturated rings. The number of amides is 1. The van der Waals surface area contributed by atoms with Crippen molar-refractivity contribution in [2.24, 2.45) is 0 Å². The van der Waals surface area contributed by atoms with E-state index in [2.05, 4.69) is 10.1 Å². The zero-order valence-electron chi connectivity index (χ0n) is 14.3. The molecule has 1 N–H and O–H groups in total. The molecule has 0 spiro atoms. The van der Waals surface area contributed by atoms with Crippen molar-refractivity contribution in [2.45, 2.75) is 57.7 Å². The van der Waals surface area contributed by atoms with Crippen LogP contribution < -0.4 is 5.32 Å². The summed E-state index contributed by atoms with van der Waals surface area (Å²) in [7, 11) is 0. The van der Waals surface area contributed by atoms with Crippen LogP contribution in [-0.4, -0.2) is 35.9 Å². The summed E-state index contributed by atoms with van der Waals surface area (Å²) in [6.45, 7) is 1.83. The molecule has 1 saturated carbocycles. The fourth-order valence-electron chi connectivity index (χ4n) is 2.26. The fraction of sp³-hybridized carbons (Fsp3) is 0.529. The van der Waals surface area contributed by atoms with Crippen LogP contribution in [0.15, 0.2) is 30.3 Å². The molecule has 1 amide bonds. The molecule has 2 rings (SSSR count). The van der Waals surface area contributed by atoms with E-state index < -0.39 is 35.9 Å². The van der Waals surface area contributed by atoms with Gasteiger partial charge in [-0.05, 0) is 26.3 Å². The van der Waals surface area contributed by atoms with Gasteiger partial charge in [-0.2, -0.15) is 8.78 Å². The Labute approximate surface area is 144 Å². The first kappa shape index (κ1) is 19.1. The van der Waals surface area contributed by atoms with Crippen molar-refractivity contribution in [1.29, 1.82) is 0 Å². The zero-order chi connectivity index (χ0) is 18.7. The monoisotopic (exact) mass is 357 g/mol. The number of benzene rings is 1. The lowest BCUT2D eigenvalue weighted by Crippen LogP contribution is -2.49. The molecule has 8 heteroatoms. The van der Waals surface area contributed by atoms with Crippen LogP contribution in [0.4, 0.5) is 13.6 Å². The minimum absolute atomic E-state index is 0.0428. The SMILES string of the molecule is CC(C)(C)OC(=O)NC1(C(=O)OCc2ccccc2)CC1OC(F)F. The van der Waals surface area contributed by atoms with Crippen molar-refractivity contribution in [3.63, 3.8) is 0 Å². The quantitative estimate of drug-likeness (QED) is 0.793. The molecule has 2 atom stereocenters. The van der Waals surface area contributed by atoms with E-state index in [-0.39, 0.29) is 13.0 Å². The number of hydrogen-bond donors (Lipinski definition) is 1. The maximum Gasteiger partial charge on any atom is 0.408 e. The van der Waals surface area contributed by atoms with E-state index in [4.69, 9.17) is 9.47 Å². The molecule has 2 unspecified atom stereocenters. The van der Waals surface area contributed by atoms with Crippen LogP contribution >= 0.6 is 0 Å². The number of alkyl carbamates (subject to hydrolysis) is 1. The van der Waals surface area contributed by atoms with Crippen LogP contribution in [0.2, 0.25) is 0 Å². The highest BCUT2D eigenvalue weighted by Gasteiger charge is 2.65. The number of carbonyl (C=O) groups excluding carboxylic acids is 2. The molecule has 0 aromatic heterocycles. The summed E-state index contributed by atoms with van der Waals surface area (Å²) < 4.78 is 39.6. The molecule has 138 valence electrons. The molecular weight excluding hydrogens is 336 g/mol. The minimum atomic E-state index is -3.06. The topological polar surface area (TPSA) is 73.9 Å². The fourth-order valence-corrected chi connectivity index (χ4v) is 2.26. The summed E-state index contributed by atoms with van der Waals surface area (Å²) in [6, 6.07) is 8.86. The highest BCUT2D eigenvalue weighted by atomic mass is 19.3. The molecule has 1 aromatic rings. The molecule has 0 radical (unpaired) electrons. The molecule has 0 heterocycles. The van der Waals surface area contributed by atoms with Gasteiger partial charge in [0.05, 0.1) is 0 Å². The molecule has 1 aromatic carbocycles. The van der Waals surface area contributed by atoms with Gasteiger partial charge in [0.25, 0.3) is 0 Å². The minimum Gasteiger partial charge on any atom is -0.459 e. The average Bonchev–Trinajstić information content (AvgIpc) is 3.16. The van der Waals surface area contributed by atoms with Gasteiger partial charge in [-0.15, -0.1) is 0 Å². The molecule has 6 nitrogen and oxygen atoms in total. The number of hydrogen-bond acceptors (Lipinski definition) is 5. The Morgan fingerprint density at radius 3 is 2.48 bits per heavy atom. The summed E-state index contributed by atoms with van der Waals surface area (Å²) in [5, 5.41) is 2.32. The maximum absolute atomic E-state index is 12.5. The van der Waals surface area contributed by atoms with E-state index in [9.17, 15) is 18.4 Å². The Morgan fingerprint density at radius 1 is 1.28 bits per heavy atom. The van der Waals surface area contributed by atoms with E-state index in [1.807, 2.05) is 6.07 Å². The lowest BCUT2D eigenvalue weighted by atomic mass is 10.2. The molecule has 0 bridgehead atoms. The normalized spacial score (nSPS) is 22.4. The summed E-state index contributed by atoms with van der Waals surface area (Å²) in [5.74, 6) is -0.840. The van der Waals surface area contributed by atoms with E-state index >= 15 is 0 Å². The van der Waals surface area contributed by atoms with E-state index in [0.29, 0.717) is 0 Å². The summed E-state index contributed by atoms with van der Waals surface area (Å²) in [6.07, 6.45) is -2.17. The molecule has 1 aliphatic carbocycles. The van der Waals surface area contributed by atoms with Crippen LogP contribution in [-0.2, 0) is 25.6 Å². The summed E-state index contributed by atoms with van der Waals surface area (Å²) in [5.41, 5.74) is -1.73. The molecule has 0 aliphatic heterocycles. The second-order valence-electron chi connectivity index (χ2n) is 6.75. The first-order valence-corrected chi connectivity index (χ1v) is 7.78. The summed E-state index contributed by atoms with van der Waals surface area (Å²) >= 11 is 0. The third-order valence-electron chi connectivity index (χ3n) is 3.47. The Hall–Kier alpha value is -2.22.